The molecule has 0 unspecified atom stereocenters. The first-order valence-corrected chi connectivity index (χ1v) is 17.8. The summed E-state index contributed by atoms with van der Waals surface area (Å²) in [5.74, 6) is 0. The van der Waals surface area contributed by atoms with Gasteiger partial charge in [0.2, 0.25) is 0 Å². The fraction of sp³-hybridized carbons (Fsp3) is 1.00. The van der Waals surface area contributed by atoms with E-state index in [0.717, 1.165) is 0 Å². The van der Waals surface area contributed by atoms with Crippen LogP contribution in [0, 0.1) is 81.6 Å². The third-order valence-corrected chi connectivity index (χ3v) is 17.0. The molecule has 20 heteroatoms. The van der Waals surface area contributed by atoms with E-state index in [-0.39, 0.29) is 85.2 Å². The molecule has 0 aliphatic carbocycles. The molecule has 0 amide bonds. The van der Waals surface area contributed by atoms with Crippen molar-refractivity contribution in [2.45, 2.75) is 169 Å². The van der Waals surface area contributed by atoms with Crippen LogP contribution in [0.25, 0.3) is 0 Å². The van der Waals surface area contributed by atoms with Gasteiger partial charge in [0.25, 0.3) is 0 Å². The summed E-state index contributed by atoms with van der Waals surface area (Å²) in [6.45, 7) is 41.7. The van der Waals surface area contributed by atoms with Crippen molar-refractivity contribution < 1.29 is 75.7 Å². The zero-order chi connectivity index (χ0) is 40.1. The maximum Gasteiger partial charge on any atom is 3.00 e. The zero-order valence-electron chi connectivity index (χ0n) is 33.2. The van der Waals surface area contributed by atoms with Crippen LogP contribution in [0.5, 0.6) is 0 Å². The molecule has 0 saturated heterocycles. The first kappa shape index (κ1) is 69.0. The minimum atomic E-state index is -2.27. The number of hydrogen-bond acceptors (Lipinski definition) is 13. The Morgan fingerprint density at radius 2 is 0.458 bits per heavy atom. The maximum absolute atomic E-state index is 13.3. The number of aliphatic hydroxyl groups is 2. The Morgan fingerprint density at radius 3 is 0.458 bits per heavy atom. The Kier molecular flexibility index (Phi) is 40.0. The fourth-order valence-corrected chi connectivity index (χ4v) is 18.1. The predicted molar refractivity (Wildman–Crippen MR) is 195 cm³/mol. The third-order valence-electron chi connectivity index (χ3n) is 5.67. The Bertz CT molecular complexity index is 758. The molecule has 0 fully saturated rings. The summed E-state index contributed by atoms with van der Waals surface area (Å²) in [4.78, 5) is 24.8. The molecule has 0 atom stereocenters. The van der Waals surface area contributed by atoms with Crippen LogP contribution in [-0.4, -0.2) is 69.6 Å². The van der Waals surface area contributed by atoms with Crippen molar-refractivity contribution in [1.29, 1.82) is 0 Å². The number of hydrogen-bond donors (Lipinski definition) is 2. The van der Waals surface area contributed by atoms with E-state index in [9.17, 15) is 9.13 Å². The van der Waals surface area contributed by atoms with Crippen LogP contribution in [0.15, 0.2) is 0 Å². The van der Waals surface area contributed by atoms with Gasteiger partial charge < -0.3 is 70.8 Å². The molecule has 292 valence electrons. The summed E-state index contributed by atoms with van der Waals surface area (Å²) < 4.78 is 26.6. The van der Waals surface area contributed by atoms with Crippen molar-refractivity contribution in [3.05, 3.63) is 46.0 Å². The molecule has 0 rings (SSSR count). The largest absolute Gasteiger partial charge is 3.00 e. The molecule has 5 N–H and O–H groups in total. The van der Waals surface area contributed by atoms with E-state index >= 15 is 0 Å². The van der Waals surface area contributed by atoms with Gasteiger partial charge in [0.15, 0.2) is 0 Å². The van der Waals surface area contributed by atoms with E-state index in [1.165, 1.54) is 0 Å². The van der Waals surface area contributed by atoms with Crippen LogP contribution in [0.4, 0.5) is 0 Å². The molecule has 0 spiro atoms. The van der Waals surface area contributed by atoms with Crippen LogP contribution < -0.4 is 0 Å². The first-order chi connectivity index (χ1) is 19.5. The summed E-state index contributed by atoms with van der Waals surface area (Å²) in [5.41, 5.74) is 0. The molecule has 0 radical (unpaired) electrons. The molecule has 17 nitrogen and oxygen atoms in total. The summed E-state index contributed by atoms with van der Waals surface area (Å²) in [6.07, 6.45) is 0. The second-order valence-corrected chi connectivity index (χ2v) is 26.0. The Hall–Kier alpha value is -0.865. The molecule has 0 heterocycles. The molecule has 0 aliphatic heterocycles. The van der Waals surface area contributed by atoms with Crippen molar-refractivity contribution in [2.24, 2.45) is 0 Å². The number of rotatable bonds is 0. The zero-order valence-corrected chi connectivity index (χ0v) is 38.6. The van der Waals surface area contributed by atoms with Gasteiger partial charge in [-0.25, -0.2) is 0 Å². The first-order valence-electron chi connectivity index (χ1n) is 14.4. The molecule has 48 heavy (non-hydrogen) atoms. The van der Waals surface area contributed by atoms with Gasteiger partial charge in [-0.3, -0.25) is 0 Å². The van der Waals surface area contributed by atoms with Gasteiger partial charge >= 0.3 is 35.6 Å². The Balaban J connectivity index is -0.0000000590. The van der Waals surface area contributed by atoms with Crippen LogP contribution >= 0.6 is 14.3 Å². The molecule has 0 aromatic heterocycles. The monoisotopic (exact) mass is 872 g/mol. The molecular formula is C28H69LaN3O14P2+. The van der Waals surface area contributed by atoms with E-state index in [4.69, 9.17) is 56.2 Å². The van der Waals surface area contributed by atoms with Gasteiger partial charge in [-0.15, -0.1) is 0 Å². The van der Waals surface area contributed by atoms with Crippen LogP contribution in [0.1, 0.15) is 138 Å². The SMILES string of the molecule is CC(C)(C)P(=O)(C(C)(C)C)C(C)(C)C.CC(C)(C)P(=O)(C(C)(C)C)C(C)(C)C.CCO.CCO.O=[N+]([O-])[O-].O=[N+]([O-])[O-].O=[N+]([O-])[O-].[La+3].[OH3+]. The normalized spacial score (nSPS) is 11.5. The fourth-order valence-electron chi connectivity index (χ4n) is 6.04. The van der Waals surface area contributed by atoms with E-state index in [0.29, 0.717) is 0 Å². The molecule has 0 bridgehead atoms. The minimum absolute atomic E-state index is 0. The van der Waals surface area contributed by atoms with Crippen LogP contribution in [-0.2, 0) is 14.6 Å². The Labute approximate surface area is 317 Å². The standard InChI is InChI=1S/2C12H27OP.2C2H6O.La.3NO3.H2O/c2*1-10(2,3)14(13,11(4,5)6)12(7,8)9;2*1-2-3;;3*2-1(3)4;/h2*1-9H3;2*3H,2H2,1H3;;;;;1H2/q;;;;+3;3*-1;/p+1. The molecule has 0 aromatic carbocycles. The van der Waals surface area contributed by atoms with E-state index in [1.54, 1.807) is 13.8 Å². The molecule has 0 aromatic rings. The Morgan fingerprint density at radius 1 is 0.417 bits per heavy atom. The molecule has 0 aliphatic rings. The second kappa shape index (κ2) is 27.8. The maximum atomic E-state index is 13.3. The minimum Gasteiger partial charge on any atom is -0.457 e. The van der Waals surface area contributed by atoms with Crippen LogP contribution in [0.2, 0.25) is 0 Å². The second-order valence-electron chi connectivity index (χ2n) is 15.5. The van der Waals surface area contributed by atoms with Crippen molar-refractivity contribution >= 4 is 14.3 Å². The summed E-state index contributed by atoms with van der Waals surface area (Å²) in [6, 6.07) is 0. The average Bonchev–Trinajstić information content (AvgIpc) is 2.68. The van der Waals surface area contributed by atoms with Gasteiger partial charge in [-0.05, 0) is 13.8 Å². The summed E-state index contributed by atoms with van der Waals surface area (Å²) in [5, 5.41) is 58.7. The van der Waals surface area contributed by atoms with Crippen molar-refractivity contribution in [2.75, 3.05) is 13.2 Å². The third kappa shape index (κ3) is 31.1. The van der Waals surface area contributed by atoms with E-state index < -0.39 is 29.5 Å². The quantitative estimate of drug-likeness (QED) is 0.101. The van der Waals surface area contributed by atoms with E-state index in [1.807, 2.05) is 0 Å². The molecular weight excluding hydrogens is 803 g/mol. The van der Waals surface area contributed by atoms with Gasteiger partial charge in [0.05, 0.1) is 15.3 Å². The van der Waals surface area contributed by atoms with Crippen molar-refractivity contribution in [3.63, 3.8) is 0 Å². The topological polar surface area (TPSA) is 306 Å². The van der Waals surface area contributed by atoms with Crippen LogP contribution in [0.3, 0.4) is 0 Å². The van der Waals surface area contributed by atoms with Crippen molar-refractivity contribution in [3.8, 4) is 0 Å². The van der Waals surface area contributed by atoms with Crippen molar-refractivity contribution in [1.82, 2.24) is 0 Å². The predicted octanol–water partition coefficient (Wildman–Crippen LogP) is 7.85. The van der Waals surface area contributed by atoms with Gasteiger partial charge in [-0.2, -0.15) is 0 Å². The molecule has 0 saturated carbocycles. The average molecular weight is 873 g/mol. The van der Waals surface area contributed by atoms with Gasteiger partial charge in [0.1, 0.15) is 14.3 Å². The van der Waals surface area contributed by atoms with Gasteiger partial charge in [0, 0.05) is 44.2 Å². The summed E-state index contributed by atoms with van der Waals surface area (Å²) >= 11 is 0. The number of nitrogens with zero attached hydrogens (tertiary/aromatic N) is 3. The van der Waals surface area contributed by atoms with E-state index in [2.05, 4.69) is 125 Å². The smallest absolute Gasteiger partial charge is 0.457 e. The van der Waals surface area contributed by atoms with Gasteiger partial charge in [-0.1, -0.05) is 125 Å². The number of aliphatic hydroxyl groups excluding tert-OH is 2. The summed E-state index contributed by atoms with van der Waals surface area (Å²) in [7, 11) is -4.54.